The molecular weight excluding hydrogens is 453 g/mol. The number of carbonyl (C=O) groups excluding carboxylic acids is 1. The van der Waals surface area contributed by atoms with Crippen LogP contribution < -0.4 is 14.2 Å². The van der Waals surface area contributed by atoms with Crippen molar-refractivity contribution in [2.45, 2.75) is 58.8 Å². The zero-order chi connectivity index (χ0) is 25.4. The highest BCUT2D eigenvalue weighted by Crippen LogP contribution is 2.11. The quantitative estimate of drug-likeness (QED) is 0.440. The molecule has 13 heteroatoms. The average Bonchev–Trinajstić information content (AvgIpc) is 3.25. The van der Waals surface area contributed by atoms with Gasteiger partial charge in [-0.25, -0.2) is 26.7 Å². The summed E-state index contributed by atoms with van der Waals surface area (Å²) in [6.45, 7) is 6.72. The van der Waals surface area contributed by atoms with Gasteiger partial charge < -0.3 is 14.5 Å². The van der Waals surface area contributed by atoms with Crippen LogP contribution in [0.2, 0.25) is 0 Å². The third kappa shape index (κ3) is 22.3. The van der Waals surface area contributed by atoms with Gasteiger partial charge in [0.2, 0.25) is 12.7 Å². The fourth-order valence-electron chi connectivity index (χ4n) is 1.95. The van der Waals surface area contributed by atoms with Gasteiger partial charge in [0.1, 0.15) is 30.8 Å². The van der Waals surface area contributed by atoms with Gasteiger partial charge in [0.05, 0.1) is 37.3 Å². The van der Waals surface area contributed by atoms with Crippen molar-refractivity contribution in [2.75, 3.05) is 6.26 Å². The van der Waals surface area contributed by atoms with Crippen molar-refractivity contribution in [3.8, 4) is 0 Å². The third-order valence-electron chi connectivity index (χ3n) is 3.42. The van der Waals surface area contributed by atoms with E-state index >= 15 is 0 Å². The van der Waals surface area contributed by atoms with Crippen molar-refractivity contribution in [3.63, 3.8) is 0 Å². The minimum atomic E-state index is -5.19. The number of hydrogen-bond acceptors (Lipinski definition) is 5. The molecule has 0 aliphatic carbocycles. The minimum absolute atomic E-state index is 0.604. The number of aromatic nitrogens is 4. The van der Waals surface area contributed by atoms with Crippen molar-refractivity contribution in [1.82, 2.24) is 9.13 Å². The molecule has 32 heavy (non-hydrogen) atoms. The van der Waals surface area contributed by atoms with Crippen LogP contribution in [0.25, 0.3) is 0 Å². The maximum absolute atomic E-state index is 10.5. The Morgan fingerprint density at radius 2 is 1.22 bits per heavy atom. The van der Waals surface area contributed by atoms with Crippen LogP contribution in [0.4, 0.5) is 13.2 Å². The molecule has 0 spiro atoms. The van der Waals surface area contributed by atoms with Gasteiger partial charge in [0.25, 0.3) is 0 Å². The largest absolute Gasteiger partial charge is 0.748 e. The van der Waals surface area contributed by atoms with Gasteiger partial charge in [-0.15, -0.1) is 0 Å². The van der Waals surface area contributed by atoms with E-state index in [9.17, 15) is 13.2 Å². The van der Waals surface area contributed by atoms with Gasteiger partial charge in [-0.3, -0.25) is 0 Å². The monoisotopic (exact) mass is 486 g/mol. The van der Waals surface area contributed by atoms with E-state index < -0.39 is 22.3 Å². The molecule has 0 fully saturated rings. The van der Waals surface area contributed by atoms with Gasteiger partial charge in [0, 0.05) is 6.26 Å². The number of aryl methyl sites for hydroxylation is 4. The van der Waals surface area contributed by atoms with Crippen LogP contribution in [0.1, 0.15) is 39.5 Å². The molecule has 0 aromatic carbocycles. The topological polar surface area (TPSA) is 115 Å². The summed E-state index contributed by atoms with van der Waals surface area (Å²) in [6, 6.07) is 0. The van der Waals surface area contributed by atoms with Gasteiger partial charge in [0.15, 0.2) is 0 Å². The number of carboxylic acid groups (broad SMARTS) is 1. The van der Waals surface area contributed by atoms with Gasteiger partial charge >= 0.3 is 6.18 Å². The Labute approximate surface area is 187 Å². The van der Waals surface area contributed by atoms with E-state index in [1.807, 2.05) is 14.1 Å². The lowest BCUT2D eigenvalue weighted by Gasteiger charge is -2.03. The molecule has 0 radical (unpaired) electrons. The first kappa shape index (κ1) is 31.8. The normalized spacial score (nSPS) is 10.7. The molecular formula is C19H33F3N4O5S. The van der Waals surface area contributed by atoms with E-state index in [0.717, 1.165) is 13.1 Å². The van der Waals surface area contributed by atoms with Crippen LogP contribution in [-0.4, -0.2) is 40.5 Å². The van der Waals surface area contributed by atoms with Crippen LogP contribution in [-0.2, 0) is 42.1 Å². The fraction of sp³-hybridized carbons (Fsp3) is 0.632. The van der Waals surface area contributed by atoms with Crippen molar-refractivity contribution in [3.05, 3.63) is 37.4 Å². The molecule has 186 valence electrons. The summed E-state index contributed by atoms with van der Waals surface area (Å²) in [4.78, 5) is 8.78. The Morgan fingerprint density at radius 3 is 1.38 bits per heavy atom. The molecule has 0 saturated heterocycles. The molecule has 2 aromatic rings. The molecule has 2 rings (SSSR count). The highest BCUT2D eigenvalue weighted by atomic mass is 32.2. The summed E-state index contributed by atoms with van der Waals surface area (Å²) < 4.78 is 67.3. The molecule has 0 unspecified atom stereocenters. The van der Waals surface area contributed by atoms with Gasteiger partial charge in [-0.05, 0) is 12.8 Å². The lowest BCUT2D eigenvalue weighted by Crippen LogP contribution is -2.37. The number of unbranched alkanes of at least 4 members (excludes halogenated alkanes) is 2. The molecule has 0 N–H and O–H groups in total. The van der Waals surface area contributed by atoms with Crippen molar-refractivity contribution in [2.24, 2.45) is 14.1 Å². The second-order valence-electron chi connectivity index (χ2n) is 6.83. The van der Waals surface area contributed by atoms with Crippen LogP contribution >= 0.6 is 0 Å². The maximum Gasteiger partial charge on any atom is 0.430 e. The molecule has 9 nitrogen and oxygen atoms in total. The second kappa shape index (κ2) is 16.3. The van der Waals surface area contributed by atoms with Crippen LogP contribution in [0.5, 0.6) is 0 Å². The molecule has 2 heterocycles. The first-order chi connectivity index (χ1) is 14.6. The zero-order valence-corrected chi connectivity index (χ0v) is 19.9. The number of carbonyl (C=O) groups is 1. The number of rotatable bonds is 6. The summed E-state index contributed by atoms with van der Waals surface area (Å²) in [5, 5.41) is 8.78. The van der Waals surface area contributed by atoms with Crippen molar-refractivity contribution in [1.29, 1.82) is 0 Å². The first-order valence-corrected chi connectivity index (χ1v) is 11.6. The predicted octanol–water partition coefficient (Wildman–Crippen LogP) is 0.685. The zero-order valence-electron chi connectivity index (χ0n) is 19.1. The maximum atomic E-state index is 10.5. The van der Waals surface area contributed by atoms with E-state index in [1.54, 1.807) is 0 Å². The Hall–Kier alpha value is -2.41. The molecule has 0 atom stereocenters. The summed E-state index contributed by atoms with van der Waals surface area (Å²) in [5.74, 6) is -3.01. The number of halogens is 3. The lowest BCUT2D eigenvalue weighted by molar-refractivity contribution is -0.671. The van der Waals surface area contributed by atoms with Crippen molar-refractivity contribution < 1.29 is 45.2 Å². The standard InChI is InChI=1S/2C8H15N2.C2HF3O2.CH4O3S/c2*1-3-4-5-10-7-6-9(2)8-10;3-2(4,5)1(6)7;1-5(2,3)4/h2*6-8H,3-5H2,1-2H3;(H,6,7);1H3,(H,2,3,4)/q2*+1;;/p-2. The summed E-state index contributed by atoms with van der Waals surface area (Å²) in [7, 11) is 0.172. The van der Waals surface area contributed by atoms with Gasteiger partial charge in [-0.1, -0.05) is 26.7 Å². The Morgan fingerprint density at radius 1 is 0.938 bits per heavy atom. The molecule has 0 amide bonds. The van der Waals surface area contributed by atoms with Crippen LogP contribution in [0.3, 0.4) is 0 Å². The van der Waals surface area contributed by atoms with E-state index in [4.69, 9.17) is 22.9 Å². The number of hydrogen-bond donors (Lipinski definition) is 0. The average molecular weight is 487 g/mol. The molecule has 0 aliphatic rings. The Bertz CT molecular complexity index is 812. The summed E-state index contributed by atoms with van der Waals surface area (Å²) >= 11 is 0. The van der Waals surface area contributed by atoms with E-state index in [-0.39, 0.29) is 0 Å². The molecule has 0 aliphatic heterocycles. The number of carboxylic acids is 1. The van der Waals surface area contributed by atoms with E-state index in [1.165, 1.54) is 25.7 Å². The Balaban J connectivity index is 0. The number of nitrogens with zero attached hydrogens (tertiary/aromatic N) is 4. The Kier molecular flexibility index (Phi) is 16.1. The van der Waals surface area contributed by atoms with Crippen molar-refractivity contribution >= 4 is 16.1 Å². The van der Waals surface area contributed by atoms with Gasteiger partial charge in [-0.2, -0.15) is 13.2 Å². The number of imidazole rings is 2. The smallest absolute Gasteiger partial charge is 0.430 e. The second-order valence-corrected chi connectivity index (χ2v) is 8.24. The van der Waals surface area contributed by atoms with Crippen LogP contribution in [0.15, 0.2) is 37.4 Å². The fourth-order valence-corrected chi connectivity index (χ4v) is 1.95. The highest BCUT2D eigenvalue weighted by molar-refractivity contribution is 7.84. The summed E-state index contributed by atoms with van der Waals surface area (Å²) in [6.07, 6.45) is 13.0. The first-order valence-electron chi connectivity index (χ1n) is 9.81. The summed E-state index contributed by atoms with van der Waals surface area (Å²) in [5.41, 5.74) is 0. The van der Waals surface area contributed by atoms with Crippen LogP contribution in [0, 0.1) is 0 Å². The highest BCUT2D eigenvalue weighted by Gasteiger charge is 2.28. The molecule has 0 saturated carbocycles. The molecule has 0 bridgehead atoms. The minimum Gasteiger partial charge on any atom is -0.748 e. The molecule has 2 aromatic heterocycles. The number of alkyl halides is 3. The predicted molar refractivity (Wildman–Crippen MR) is 108 cm³/mol. The lowest BCUT2D eigenvalue weighted by atomic mass is 10.3. The SMILES string of the molecule is CCCCn1cc[n+](C)c1.CCCCn1cc[n+](C)c1.CS(=O)(=O)[O-].O=C([O-])C(F)(F)F. The van der Waals surface area contributed by atoms with E-state index in [0.29, 0.717) is 6.26 Å². The number of aliphatic carboxylic acids is 1. The third-order valence-corrected chi connectivity index (χ3v) is 3.42. The van der Waals surface area contributed by atoms with E-state index in [2.05, 4.69) is 69.6 Å².